The van der Waals surface area contributed by atoms with Gasteiger partial charge in [0, 0.05) is 17.3 Å². The summed E-state index contributed by atoms with van der Waals surface area (Å²) in [4.78, 5) is 4.00. The number of benzene rings is 1. The maximum atomic E-state index is 13.3. The molecule has 90 valence electrons. The highest BCUT2D eigenvalue weighted by molar-refractivity contribution is 6.33. The minimum Gasteiger partial charge on any atom is -0.339 e. The van der Waals surface area contributed by atoms with Crippen LogP contribution in [0.1, 0.15) is 0 Å². The molecule has 2 heterocycles. The maximum absolute atomic E-state index is 13.3. The molecule has 2 N–H and O–H groups in total. The van der Waals surface area contributed by atoms with E-state index in [-0.39, 0.29) is 5.02 Å². The number of fused-ring (bicyclic) bond motifs is 1. The zero-order valence-electron chi connectivity index (χ0n) is 9.11. The smallest absolute Gasteiger partial charge is 0.152 e. The van der Waals surface area contributed by atoms with Gasteiger partial charge in [-0.25, -0.2) is 9.37 Å². The van der Waals surface area contributed by atoms with Crippen LogP contribution in [-0.4, -0.2) is 15.2 Å². The third-order valence-corrected chi connectivity index (χ3v) is 2.90. The Labute approximate surface area is 107 Å². The van der Waals surface area contributed by atoms with Crippen LogP contribution >= 0.6 is 11.6 Å². The van der Waals surface area contributed by atoms with Crippen molar-refractivity contribution >= 4 is 34.0 Å². The highest BCUT2D eigenvalue weighted by Gasteiger charge is 2.07. The Balaban J connectivity index is 1.98. The van der Waals surface area contributed by atoms with Crippen LogP contribution in [0.4, 0.5) is 15.9 Å². The summed E-state index contributed by atoms with van der Waals surface area (Å²) in [6.45, 7) is 0. The fourth-order valence-corrected chi connectivity index (χ4v) is 1.82. The van der Waals surface area contributed by atoms with Gasteiger partial charge < -0.3 is 5.32 Å². The van der Waals surface area contributed by atoms with Gasteiger partial charge >= 0.3 is 0 Å². The van der Waals surface area contributed by atoms with Crippen molar-refractivity contribution in [1.82, 2.24) is 15.2 Å². The number of pyridine rings is 1. The van der Waals surface area contributed by atoms with Crippen LogP contribution in [0.25, 0.3) is 10.9 Å². The van der Waals surface area contributed by atoms with Gasteiger partial charge in [-0.15, -0.1) is 0 Å². The molecule has 3 aromatic rings. The molecule has 4 nitrogen and oxygen atoms in total. The van der Waals surface area contributed by atoms with Crippen LogP contribution in [0.15, 0.2) is 36.7 Å². The second kappa shape index (κ2) is 4.27. The third-order valence-electron chi connectivity index (χ3n) is 2.55. The summed E-state index contributed by atoms with van der Waals surface area (Å²) in [5.41, 5.74) is 1.70. The molecule has 0 saturated carbocycles. The number of anilines is 2. The van der Waals surface area contributed by atoms with E-state index < -0.39 is 5.82 Å². The summed E-state index contributed by atoms with van der Waals surface area (Å²) < 4.78 is 13.3. The fourth-order valence-electron chi connectivity index (χ4n) is 1.66. The van der Waals surface area contributed by atoms with E-state index in [2.05, 4.69) is 20.5 Å². The molecule has 0 saturated heterocycles. The van der Waals surface area contributed by atoms with E-state index in [9.17, 15) is 4.39 Å². The quantitative estimate of drug-likeness (QED) is 0.743. The molecule has 1 aromatic carbocycles. The summed E-state index contributed by atoms with van der Waals surface area (Å²) in [6.07, 6.45) is 3.07. The Morgan fingerprint density at radius 3 is 3.06 bits per heavy atom. The number of aromatic amines is 1. The Bertz CT molecular complexity index is 710. The van der Waals surface area contributed by atoms with E-state index in [1.54, 1.807) is 6.20 Å². The predicted molar refractivity (Wildman–Crippen MR) is 68.6 cm³/mol. The number of hydrogen-bond acceptors (Lipinski definition) is 3. The standard InChI is InChI=1S/C12H8ClFN4/c13-11-9(14)3-4-15-12(11)17-8-1-2-10-7(5-8)6-16-18-10/h1-6H,(H,15,17)(H,16,18). The molecule has 0 aliphatic carbocycles. The van der Waals surface area contributed by atoms with Crippen LogP contribution in [-0.2, 0) is 0 Å². The van der Waals surface area contributed by atoms with Crippen LogP contribution in [0.5, 0.6) is 0 Å². The van der Waals surface area contributed by atoms with Gasteiger partial charge in [-0.05, 0) is 24.3 Å². The molecule has 0 bridgehead atoms. The first-order valence-electron chi connectivity index (χ1n) is 5.24. The fraction of sp³-hybridized carbons (Fsp3) is 0. The molecule has 2 aromatic heterocycles. The van der Waals surface area contributed by atoms with Gasteiger partial charge in [0.1, 0.15) is 10.8 Å². The lowest BCUT2D eigenvalue weighted by atomic mass is 10.2. The topological polar surface area (TPSA) is 53.6 Å². The third kappa shape index (κ3) is 1.89. The molecule has 0 spiro atoms. The van der Waals surface area contributed by atoms with Crippen LogP contribution in [0.2, 0.25) is 5.02 Å². The summed E-state index contributed by atoms with van der Waals surface area (Å²) in [5, 5.41) is 10.7. The van der Waals surface area contributed by atoms with E-state index in [1.165, 1.54) is 12.3 Å². The predicted octanol–water partition coefficient (Wildman–Crippen LogP) is 3.49. The number of halogens is 2. The van der Waals surface area contributed by atoms with Crippen molar-refractivity contribution in [2.24, 2.45) is 0 Å². The van der Waals surface area contributed by atoms with Gasteiger partial charge in [0.25, 0.3) is 0 Å². The molecule has 0 aliphatic heterocycles. The zero-order valence-corrected chi connectivity index (χ0v) is 9.87. The van der Waals surface area contributed by atoms with Gasteiger partial charge in [-0.2, -0.15) is 5.10 Å². The van der Waals surface area contributed by atoms with E-state index in [1.807, 2.05) is 18.2 Å². The minimum absolute atomic E-state index is 0.0233. The van der Waals surface area contributed by atoms with E-state index >= 15 is 0 Å². The minimum atomic E-state index is -0.501. The van der Waals surface area contributed by atoms with Gasteiger partial charge in [-0.3, -0.25) is 5.10 Å². The second-order valence-corrected chi connectivity index (χ2v) is 4.13. The molecular weight excluding hydrogens is 255 g/mol. The lowest BCUT2D eigenvalue weighted by Crippen LogP contribution is -1.95. The Morgan fingerprint density at radius 2 is 2.17 bits per heavy atom. The number of rotatable bonds is 2. The molecule has 18 heavy (non-hydrogen) atoms. The lowest BCUT2D eigenvalue weighted by molar-refractivity contribution is 0.627. The zero-order chi connectivity index (χ0) is 12.5. The Hall–Kier alpha value is -2.14. The number of H-pyrrole nitrogens is 1. The van der Waals surface area contributed by atoms with Crippen LogP contribution in [0.3, 0.4) is 0 Å². The Kier molecular flexibility index (Phi) is 2.60. The average Bonchev–Trinajstić information content (AvgIpc) is 2.82. The molecule has 6 heteroatoms. The van der Waals surface area contributed by atoms with E-state index in [0.29, 0.717) is 5.82 Å². The largest absolute Gasteiger partial charge is 0.339 e. The number of hydrogen-bond donors (Lipinski definition) is 2. The molecule has 0 fully saturated rings. The van der Waals surface area contributed by atoms with Crippen molar-refractivity contribution < 1.29 is 4.39 Å². The molecule has 0 aliphatic rings. The van der Waals surface area contributed by atoms with Crippen LogP contribution in [0, 0.1) is 5.82 Å². The normalized spacial score (nSPS) is 10.8. The maximum Gasteiger partial charge on any atom is 0.152 e. The first-order valence-corrected chi connectivity index (χ1v) is 5.62. The molecule has 0 amide bonds. The summed E-state index contributed by atoms with van der Waals surface area (Å²) >= 11 is 5.82. The van der Waals surface area contributed by atoms with Crippen molar-refractivity contribution in [2.45, 2.75) is 0 Å². The van der Waals surface area contributed by atoms with Gasteiger partial charge in [-0.1, -0.05) is 11.6 Å². The molecule has 0 atom stereocenters. The lowest BCUT2D eigenvalue weighted by Gasteiger charge is -2.07. The molecule has 0 radical (unpaired) electrons. The van der Waals surface area contributed by atoms with Gasteiger partial charge in [0.2, 0.25) is 0 Å². The Morgan fingerprint density at radius 1 is 1.28 bits per heavy atom. The van der Waals surface area contributed by atoms with E-state index in [4.69, 9.17) is 11.6 Å². The van der Waals surface area contributed by atoms with Crippen molar-refractivity contribution in [1.29, 1.82) is 0 Å². The first kappa shape index (κ1) is 11.0. The van der Waals surface area contributed by atoms with E-state index in [0.717, 1.165) is 16.6 Å². The average molecular weight is 263 g/mol. The highest BCUT2D eigenvalue weighted by atomic mass is 35.5. The van der Waals surface area contributed by atoms with Gasteiger partial charge in [0.15, 0.2) is 5.82 Å². The monoisotopic (exact) mass is 262 g/mol. The second-order valence-electron chi connectivity index (χ2n) is 3.75. The van der Waals surface area contributed by atoms with Gasteiger partial charge in [0.05, 0.1) is 11.7 Å². The first-order chi connectivity index (χ1) is 8.74. The summed E-state index contributed by atoms with van der Waals surface area (Å²) in [6, 6.07) is 6.80. The number of nitrogens with zero attached hydrogens (tertiary/aromatic N) is 2. The van der Waals surface area contributed by atoms with Crippen LogP contribution < -0.4 is 5.32 Å². The van der Waals surface area contributed by atoms with Crippen molar-refractivity contribution in [2.75, 3.05) is 5.32 Å². The van der Waals surface area contributed by atoms with Crippen molar-refractivity contribution in [3.05, 3.63) is 47.5 Å². The van der Waals surface area contributed by atoms with Crippen molar-refractivity contribution in [3.63, 3.8) is 0 Å². The van der Waals surface area contributed by atoms with Crippen molar-refractivity contribution in [3.8, 4) is 0 Å². The molecular formula is C12H8ClFN4. The molecule has 0 unspecified atom stereocenters. The number of nitrogens with one attached hydrogen (secondary N) is 2. The molecule has 3 rings (SSSR count). The highest BCUT2D eigenvalue weighted by Crippen LogP contribution is 2.26. The number of aromatic nitrogens is 3. The summed E-state index contributed by atoms with van der Waals surface area (Å²) in [5.74, 6) is -0.210. The SMILES string of the molecule is Fc1ccnc(Nc2ccc3[nH]ncc3c2)c1Cl. The summed E-state index contributed by atoms with van der Waals surface area (Å²) in [7, 11) is 0.